The van der Waals surface area contributed by atoms with Gasteiger partial charge in [-0.1, -0.05) is 12.5 Å². The van der Waals surface area contributed by atoms with Gasteiger partial charge < -0.3 is 4.90 Å². The van der Waals surface area contributed by atoms with Crippen LogP contribution in [0.15, 0.2) is 23.1 Å². The number of halogens is 1. The van der Waals surface area contributed by atoms with E-state index in [4.69, 9.17) is 5.26 Å². The van der Waals surface area contributed by atoms with Crippen molar-refractivity contribution in [3.05, 3.63) is 29.6 Å². The van der Waals surface area contributed by atoms with Gasteiger partial charge in [0.15, 0.2) is 0 Å². The van der Waals surface area contributed by atoms with E-state index in [9.17, 15) is 12.8 Å². The minimum atomic E-state index is -3.87. The van der Waals surface area contributed by atoms with Gasteiger partial charge in [-0.3, -0.25) is 0 Å². The lowest BCUT2D eigenvalue weighted by Gasteiger charge is -2.26. The van der Waals surface area contributed by atoms with Crippen molar-refractivity contribution in [2.75, 3.05) is 26.2 Å². The highest BCUT2D eigenvalue weighted by Crippen LogP contribution is 2.17. The van der Waals surface area contributed by atoms with Gasteiger partial charge in [-0.2, -0.15) is 5.26 Å². The number of benzene rings is 1. The molecule has 2 rings (SSSR count). The smallest absolute Gasteiger partial charge is 0.242 e. The number of hydrogen-bond donors (Lipinski definition) is 1. The van der Waals surface area contributed by atoms with Crippen molar-refractivity contribution >= 4 is 10.0 Å². The Labute approximate surface area is 124 Å². The van der Waals surface area contributed by atoms with E-state index in [1.165, 1.54) is 18.6 Å². The standard InChI is InChI=1S/C14H18FN3O2S/c15-13-5-4-6-14(12(13)11-16)21(19,20)17-7-10-18-8-2-1-3-9-18/h4-6,17H,1-3,7-10H2. The van der Waals surface area contributed by atoms with E-state index in [1.807, 2.05) is 0 Å². The molecule has 7 heteroatoms. The second-order valence-electron chi connectivity index (χ2n) is 5.02. The second-order valence-corrected chi connectivity index (χ2v) is 6.76. The quantitative estimate of drug-likeness (QED) is 0.893. The number of nitrogens with one attached hydrogen (secondary N) is 1. The van der Waals surface area contributed by atoms with Crippen molar-refractivity contribution in [1.82, 2.24) is 9.62 Å². The molecular formula is C14H18FN3O2S. The Morgan fingerprint density at radius 1 is 1.29 bits per heavy atom. The SMILES string of the molecule is N#Cc1c(F)cccc1S(=O)(=O)NCCN1CCCCC1. The van der Waals surface area contributed by atoms with Crippen LogP contribution in [0, 0.1) is 17.1 Å². The molecule has 1 aliphatic heterocycles. The number of likely N-dealkylation sites (tertiary alicyclic amines) is 1. The normalized spacial score (nSPS) is 16.6. The molecule has 1 saturated heterocycles. The third-order valence-electron chi connectivity index (χ3n) is 3.55. The minimum absolute atomic E-state index is 0.254. The van der Waals surface area contributed by atoms with Crippen molar-refractivity contribution in [3.63, 3.8) is 0 Å². The lowest BCUT2D eigenvalue weighted by molar-refractivity contribution is 0.233. The maximum Gasteiger partial charge on any atom is 0.242 e. The molecule has 114 valence electrons. The molecule has 0 aromatic heterocycles. The van der Waals surface area contributed by atoms with E-state index in [1.54, 1.807) is 6.07 Å². The van der Waals surface area contributed by atoms with Crippen LogP contribution in [-0.2, 0) is 10.0 Å². The maximum atomic E-state index is 13.5. The Balaban J connectivity index is 2.02. The van der Waals surface area contributed by atoms with Crippen molar-refractivity contribution in [2.45, 2.75) is 24.2 Å². The van der Waals surface area contributed by atoms with E-state index in [0.29, 0.717) is 6.54 Å². The highest BCUT2D eigenvalue weighted by molar-refractivity contribution is 7.89. The summed E-state index contributed by atoms with van der Waals surface area (Å²) in [6.45, 7) is 2.83. The van der Waals surface area contributed by atoms with Gasteiger partial charge in [0.2, 0.25) is 10.0 Å². The Morgan fingerprint density at radius 2 is 2.00 bits per heavy atom. The van der Waals surface area contributed by atoms with E-state index in [2.05, 4.69) is 9.62 Å². The van der Waals surface area contributed by atoms with Gasteiger partial charge in [0.05, 0.1) is 0 Å². The number of sulfonamides is 1. The zero-order valence-corrected chi connectivity index (χ0v) is 12.5. The third kappa shape index (κ3) is 4.00. The van der Waals surface area contributed by atoms with Crippen LogP contribution in [0.5, 0.6) is 0 Å². The molecule has 0 bridgehead atoms. The monoisotopic (exact) mass is 311 g/mol. The number of nitrogens with zero attached hydrogens (tertiary/aromatic N) is 2. The van der Waals surface area contributed by atoms with Gasteiger partial charge in [0.25, 0.3) is 0 Å². The number of piperidine rings is 1. The fourth-order valence-corrected chi connectivity index (χ4v) is 3.62. The van der Waals surface area contributed by atoms with Gasteiger partial charge in [-0.15, -0.1) is 0 Å². The van der Waals surface area contributed by atoms with E-state index >= 15 is 0 Å². The lowest BCUT2D eigenvalue weighted by atomic mass is 10.1. The summed E-state index contributed by atoms with van der Waals surface area (Å²) < 4.78 is 40.2. The topological polar surface area (TPSA) is 73.2 Å². The summed E-state index contributed by atoms with van der Waals surface area (Å²) in [5.74, 6) is -0.823. The summed E-state index contributed by atoms with van der Waals surface area (Å²) in [6, 6.07) is 5.21. The van der Waals surface area contributed by atoms with Crippen LogP contribution in [0.2, 0.25) is 0 Å². The van der Waals surface area contributed by atoms with Crippen molar-refractivity contribution < 1.29 is 12.8 Å². The van der Waals surface area contributed by atoms with E-state index in [-0.39, 0.29) is 11.4 Å². The summed E-state index contributed by atoms with van der Waals surface area (Å²) >= 11 is 0. The fraction of sp³-hybridized carbons (Fsp3) is 0.500. The second kappa shape index (κ2) is 6.98. The predicted octanol–water partition coefficient (Wildman–Crippen LogP) is 1.46. The Hall–Kier alpha value is -1.49. The van der Waals surface area contributed by atoms with Crippen LogP contribution >= 0.6 is 0 Å². The molecule has 1 fully saturated rings. The summed E-state index contributed by atoms with van der Waals surface area (Å²) in [7, 11) is -3.87. The van der Waals surface area contributed by atoms with Gasteiger partial charge in [-0.05, 0) is 38.1 Å². The molecule has 5 nitrogen and oxygen atoms in total. The van der Waals surface area contributed by atoms with Crippen molar-refractivity contribution in [1.29, 1.82) is 5.26 Å². The van der Waals surface area contributed by atoms with Crippen LogP contribution in [0.1, 0.15) is 24.8 Å². The zero-order chi connectivity index (χ0) is 15.3. The molecule has 1 heterocycles. The number of rotatable bonds is 5. The third-order valence-corrected chi connectivity index (χ3v) is 5.05. The van der Waals surface area contributed by atoms with E-state index in [0.717, 1.165) is 32.0 Å². The average molecular weight is 311 g/mol. The number of hydrogen-bond acceptors (Lipinski definition) is 4. The first kappa shape index (κ1) is 15.9. The Bertz CT molecular complexity index is 634. The van der Waals surface area contributed by atoms with Crippen LogP contribution in [0.3, 0.4) is 0 Å². The largest absolute Gasteiger partial charge is 0.302 e. The van der Waals surface area contributed by atoms with Crippen molar-refractivity contribution in [3.8, 4) is 6.07 Å². The van der Waals surface area contributed by atoms with Crippen LogP contribution < -0.4 is 4.72 Å². The fourth-order valence-electron chi connectivity index (χ4n) is 2.44. The Morgan fingerprint density at radius 3 is 2.67 bits per heavy atom. The highest BCUT2D eigenvalue weighted by Gasteiger charge is 2.21. The molecule has 21 heavy (non-hydrogen) atoms. The van der Waals surface area contributed by atoms with Gasteiger partial charge >= 0.3 is 0 Å². The molecule has 1 N–H and O–H groups in total. The lowest BCUT2D eigenvalue weighted by Crippen LogP contribution is -2.37. The maximum absolute atomic E-state index is 13.5. The zero-order valence-electron chi connectivity index (χ0n) is 11.7. The molecule has 1 aromatic rings. The molecule has 0 radical (unpaired) electrons. The summed E-state index contributed by atoms with van der Waals surface area (Å²) in [4.78, 5) is 1.90. The summed E-state index contributed by atoms with van der Waals surface area (Å²) in [6.07, 6.45) is 3.49. The summed E-state index contributed by atoms with van der Waals surface area (Å²) in [5.41, 5.74) is -0.442. The average Bonchev–Trinajstić information content (AvgIpc) is 2.48. The molecule has 0 saturated carbocycles. The van der Waals surface area contributed by atoms with Gasteiger partial charge in [0, 0.05) is 13.1 Å². The number of nitriles is 1. The van der Waals surface area contributed by atoms with Gasteiger partial charge in [-0.25, -0.2) is 17.5 Å². The first-order valence-corrected chi connectivity index (χ1v) is 8.43. The predicted molar refractivity (Wildman–Crippen MR) is 76.6 cm³/mol. The van der Waals surface area contributed by atoms with Crippen LogP contribution in [0.25, 0.3) is 0 Å². The summed E-state index contributed by atoms with van der Waals surface area (Å²) in [5, 5.41) is 8.90. The Kier molecular flexibility index (Phi) is 5.28. The first-order chi connectivity index (χ1) is 10.0. The molecule has 0 amide bonds. The van der Waals surface area contributed by atoms with Gasteiger partial charge in [0.1, 0.15) is 22.3 Å². The molecule has 0 unspecified atom stereocenters. The minimum Gasteiger partial charge on any atom is -0.302 e. The van der Waals surface area contributed by atoms with Crippen LogP contribution in [-0.4, -0.2) is 39.5 Å². The highest BCUT2D eigenvalue weighted by atomic mass is 32.2. The molecule has 0 spiro atoms. The molecule has 1 aromatic carbocycles. The molecule has 0 atom stereocenters. The molecular weight excluding hydrogens is 293 g/mol. The van der Waals surface area contributed by atoms with Crippen molar-refractivity contribution in [2.24, 2.45) is 0 Å². The van der Waals surface area contributed by atoms with E-state index < -0.39 is 21.4 Å². The molecule has 1 aliphatic rings. The first-order valence-electron chi connectivity index (χ1n) is 6.95. The van der Waals surface area contributed by atoms with Crippen LogP contribution in [0.4, 0.5) is 4.39 Å². The molecule has 0 aliphatic carbocycles.